The van der Waals surface area contributed by atoms with E-state index in [2.05, 4.69) is 6.92 Å². The van der Waals surface area contributed by atoms with Gasteiger partial charge in [0.1, 0.15) is 0 Å². The molecule has 108 valence electrons. The first-order valence-corrected chi connectivity index (χ1v) is 7.38. The minimum atomic E-state index is 0.272. The van der Waals surface area contributed by atoms with Crippen LogP contribution in [0.5, 0.6) is 11.5 Å². The molecule has 1 fully saturated rings. The third-order valence-corrected chi connectivity index (χ3v) is 4.07. The van der Waals surface area contributed by atoms with Gasteiger partial charge in [-0.05, 0) is 42.9 Å². The van der Waals surface area contributed by atoms with Crippen molar-refractivity contribution >= 4 is 5.91 Å². The molecule has 4 heteroatoms. The highest BCUT2D eigenvalue weighted by Crippen LogP contribution is 2.32. The van der Waals surface area contributed by atoms with Crippen LogP contribution in [0.25, 0.3) is 0 Å². The zero-order valence-corrected chi connectivity index (χ0v) is 11.9. The number of nitrogens with zero attached hydrogens (tertiary/aromatic N) is 1. The lowest BCUT2D eigenvalue weighted by atomic mass is 9.99. The summed E-state index contributed by atoms with van der Waals surface area (Å²) in [5.41, 5.74) is 1.13. The number of amides is 1. The highest BCUT2D eigenvalue weighted by atomic mass is 16.7. The zero-order chi connectivity index (χ0) is 13.9. The molecule has 1 aromatic carbocycles. The van der Waals surface area contributed by atoms with Gasteiger partial charge in [0.2, 0.25) is 12.7 Å². The Balaban J connectivity index is 1.55. The summed E-state index contributed by atoms with van der Waals surface area (Å²) in [5, 5.41) is 0. The van der Waals surface area contributed by atoms with Crippen LogP contribution in [0.3, 0.4) is 0 Å². The van der Waals surface area contributed by atoms with Gasteiger partial charge in [0.25, 0.3) is 0 Å². The second-order valence-corrected chi connectivity index (χ2v) is 5.77. The molecule has 1 amide bonds. The standard InChI is InChI=1S/C16H21NO3/c1-12-3-2-8-17(10-12)16(18)7-5-13-4-6-14-15(9-13)20-11-19-14/h4,6,9,12H,2-3,5,7-8,10-11H2,1H3. The van der Waals surface area contributed by atoms with E-state index in [0.29, 0.717) is 19.1 Å². The first kappa shape index (κ1) is 13.3. The van der Waals surface area contributed by atoms with E-state index in [4.69, 9.17) is 9.47 Å². The highest BCUT2D eigenvalue weighted by molar-refractivity contribution is 5.76. The van der Waals surface area contributed by atoms with Gasteiger partial charge >= 0.3 is 0 Å². The van der Waals surface area contributed by atoms with Crippen molar-refractivity contribution in [3.63, 3.8) is 0 Å². The van der Waals surface area contributed by atoms with Gasteiger partial charge in [0, 0.05) is 19.5 Å². The van der Waals surface area contributed by atoms with E-state index >= 15 is 0 Å². The molecule has 20 heavy (non-hydrogen) atoms. The summed E-state index contributed by atoms with van der Waals surface area (Å²) >= 11 is 0. The molecule has 0 aliphatic carbocycles. The van der Waals surface area contributed by atoms with Gasteiger partial charge in [-0.1, -0.05) is 13.0 Å². The number of fused-ring (bicyclic) bond motifs is 1. The van der Waals surface area contributed by atoms with E-state index in [1.165, 1.54) is 6.42 Å². The first-order chi connectivity index (χ1) is 9.72. The summed E-state index contributed by atoms with van der Waals surface area (Å²) in [6, 6.07) is 5.92. The van der Waals surface area contributed by atoms with Gasteiger partial charge in [0.05, 0.1) is 0 Å². The van der Waals surface area contributed by atoms with Crippen molar-refractivity contribution in [1.29, 1.82) is 0 Å². The molecular weight excluding hydrogens is 254 g/mol. The molecular formula is C16H21NO3. The van der Waals surface area contributed by atoms with E-state index in [-0.39, 0.29) is 5.91 Å². The molecule has 3 rings (SSSR count). The third kappa shape index (κ3) is 2.89. The Bertz CT molecular complexity index is 500. The van der Waals surface area contributed by atoms with Gasteiger partial charge in [0.15, 0.2) is 11.5 Å². The van der Waals surface area contributed by atoms with Crippen molar-refractivity contribution in [3.8, 4) is 11.5 Å². The van der Waals surface area contributed by atoms with Gasteiger partial charge in [-0.15, -0.1) is 0 Å². The normalized spacial score (nSPS) is 21.1. The van der Waals surface area contributed by atoms with Crippen molar-refractivity contribution in [3.05, 3.63) is 23.8 Å². The average Bonchev–Trinajstić information content (AvgIpc) is 2.92. The molecule has 0 spiro atoms. The Morgan fingerprint density at radius 2 is 2.20 bits per heavy atom. The summed E-state index contributed by atoms with van der Waals surface area (Å²) in [5.74, 6) is 2.50. The largest absolute Gasteiger partial charge is 0.454 e. The molecule has 1 saturated heterocycles. The maximum Gasteiger partial charge on any atom is 0.231 e. The van der Waals surface area contributed by atoms with Crippen molar-refractivity contribution in [2.24, 2.45) is 5.92 Å². The maximum absolute atomic E-state index is 12.2. The molecule has 0 saturated carbocycles. The molecule has 0 bridgehead atoms. The number of carbonyl (C=O) groups is 1. The molecule has 0 radical (unpaired) electrons. The van der Waals surface area contributed by atoms with Crippen LogP contribution in [0.4, 0.5) is 0 Å². The Morgan fingerprint density at radius 1 is 1.35 bits per heavy atom. The van der Waals surface area contributed by atoms with E-state index in [1.807, 2.05) is 23.1 Å². The van der Waals surface area contributed by atoms with Crippen molar-refractivity contribution < 1.29 is 14.3 Å². The summed E-state index contributed by atoms with van der Waals surface area (Å²) in [7, 11) is 0. The van der Waals surface area contributed by atoms with Crippen molar-refractivity contribution in [2.45, 2.75) is 32.6 Å². The molecule has 2 aliphatic rings. The average molecular weight is 275 g/mol. The van der Waals surface area contributed by atoms with E-state index in [0.717, 1.165) is 43.0 Å². The van der Waals surface area contributed by atoms with Gasteiger partial charge in [-0.3, -0.25) is 4.79 Å². The second kappa shape index (κ2) is 5.73. The lowest BCUT2D eigenvalue weighted by Gasteiger charge is -2.31. The Kier molecular flexibility index (Phi) is 3.81. The Labute approximate surface area is 119 Å². The smallest absolute Gasteiger partial charge is 0.231 e. The topological polar surface area (TPSA) is 38.8 Å². The number of likely N-dealkylation sites (tertiary alicyclic amines) is 1. The maximum atomic E-state index is 12.2. The number of hydrogen-bond donors (Lipinski definition) is 0. The van der Waals surface area contributed by atoms with Crippen molar-refractivity contribution in [2.75, 3.05) is 19.9 Å². The van der Waals surface area contributed by atoms with Gasteiger partial charge in [-0.2, -0.15) is 0 Å². The summed E-state index contributed by atoms with van der Waals surface area (Å²) in [6.07, 6.45) is 3.72. The van der Waals surface area contributed by atoms with Crippen LogP contribution >= 0.6 is 0 Å². The number of rotatable bonds is 3. The number of benzene rings is 1. The van der Waals surface area contributed by atoms with Crippen LogP contribution in [-0.2, 0) is 11.2 Å². The number of carbonyl (C=O) groups excluding carboxylic acids is 1. The fraction of sp³-hybridized carbons (Fsp3) is 0.562. The molecule has 2 heterocycles. The lowest BCUT2D eigenvalue weighted by molar-refractivity contribution is -0.132. The van der Waals surface area contributed by atoms with Crippen LogP contribution in [0.1, 0.15) is 31.7 Å². The van der Waals surface area contributed by atoms with Crippen LogP contribution in [0, 0.1) is 5.92 Å². The minimum absolute atomic E-state index is 0.272. The number of piperidine rings is 1. The summed E-state index contributed by atoms with van der Waals surface area (Å²) < 4.78 is 10.6. The molecule has 1 unspecified atom stereocenters. The summed E-state index contributed by atoms with van der Waals surface area (Å²) in [6.45, 7) is 4.35. The number of aryl methyl sites for hydroxylation is 1. The lowest BCUT2D eigenvalue weighted by Crippen LogP contribution is -2.39. The van der Waals surface area contributed by atoms with E-state index in [1.54, 1.807) is 0 Å². The molecule has 1 aromatic rings. The van der Waals surface area contributed by atoms with Gasteiger partial charge < -0.3 is 14.4 Å². The fourth-order valence-electron chi connectivity index (χ4n) is 2.92. The SMILES string of the molecule is CC1CCCN(C(=O)CCc2ccc3c(c2)OCO3)C1. The fourth-order valence-corrected chi connectivity index (χ4v) is 2.92. The Morgan fingerprint density at radius 3 is 3.05 bits per heavy atom. The molecule has 1 atom stereocenters. The van der Waals surface area contributed by atoms with Crippen molar-refractivity contribution in [1.82, 2.24) is 4.90 Å². The molecule has 4 nitrogen and oxygen atoms in total. The van der Waals surface area contributed by atoms with Crippen LogP contribution in [0.2, 0.25) is 0 Å². The predicted octanol–water partition coefficient (Wildman–Crippen LogP) is 2.61. The number of ether oxygens (including phenoxy) is 2. The highest BCUT2D eigenvalue weighted by Gasteiger charge is 2.21. The third-order valence-electron chi connectivity index (χ3n) is 4.07. The predicted molar refractivity (Wildman–Crippen MR) is 75.9 cm³/mol. The monoisotopic (exact) mass is 275 g/mol. The van der Waals surface area contributed by atoms with E-state index < -0.39 is 0 Å². The molecule has 2 aliphatic heterocycles. The van der Waals surface area contributed by atoms with Crippen LogP contribution < -0.4 is 9.47 Å². The minimum Gasteiger partial charge on any atom is -0.454 e. The first-order valence-electron chi connectivity index (χ1n) is 7.38. The summed E-state index contributed by atoms with van der Waals surface area (Å²) in [4.78, 5) is 14.2. The second-order valence-electron chi connectivity index (χ2n) is 5.77. The van der Waals surface area contributed by atoms with E-state index in [9.17, 15) is 4.79 Å². The Hall–Kier alpha value is -1.71. The zero-order valence-electron chi connectivity index (χ0n) is 11.9. The molecule has 0 N–H and O–H groups in total. The van der Waals surface area contributed by atoms with Crippen LogP contribution in [-0.4, -0.2) is 30.7 Å². The van der Waals surface area contributed by atoms with Gasteiger partial charge in [-0.25, -0.2) is 0 Å². The van der Waals surface area contributed by atoms with Crippen LogP contribution in [0.15, 0.2) is 18.2 Å². The quantitative estimate of drug-likeness (QED) is 0.851. The number of hydrogen-bond acceptors (Lipinski definition) is 3. The molecule has 0 aromatic heterocycles.